The summed E-state index contributed by atoms with van der Waals surface area (Å²) < 4.78 is 0. The molecule has 0 aliphatic carbocycles. The molecule has 2 atom stereocenters. The number of nitrogens with one attached hydrogen (secondary N) is 1. The molecule has 1 aliphatic heterocycles. The lowest BCUT2D eigenvalue weighted by Gasteiger charge is -2.46. The molecule has 29 heavy (non-hydrogen) atoms. The van der Waals surface area contributed by atoms with Gasteiger partial charge in [-0.15, -0.1) is 0 Å². The summed E-state index contributed by atoms with van der Waals surface area (Å²) in [5, 5.41) is 11.2. The van der Waals surface area contributed by atoms with E-state index in [9.17, 15) is 9.90 Å². The van der Waals surface area contributed by atoms with Crippen molar-refractivity contribution in [2.75, 3.05) is 18.0 Å². The van der Waals surface area contributed by atoms with E-state index in [0.29, 0.717) is 13.1 Å². The van der Waals surface area contributed by atoms with E-state index in [1.165, 1.54) is 0 Å². The van der Waals surface area contributed by atoms with Crippen LogP contribution in [0.3, 0.4) is 0 Å². The third kappa shape index (κ3) is 3.46. The highest BCUT2D eigenvalue weighted by molar-refractivity contribution is 6.03. The molecule has 4 heterocycles. The maximum absolute atomic E-state index is 12.7. The lowest BCUT2D eigenvalue weighted by molar-refractivity contribution is -0.151. The molecule has 1 fully saturated rings. The number of aliphatic hydroxyl groups is 1. The first-order valence-corrected chi connectivity index (χ1v) is 9.94. The van der Waals surface area contributed by atoms with Crippen molar-refractivity contribution in [1.82, 2.24) is 19.9 Å². The first kappa shape index (κ1) is 19.4. The second kappa shape index (κ2) is 7.15. The van der Waals surface area contributed by atoms with Crippen LogP contribution in [0, 0.1) is 0 Å². The zero-order valence-corrected chi connectivity index (χ0v) is 17.3. The third-order valence-electron chi connectivity index (χ3n) is 5.61. The quantitative estimate of drug-likeness (QED) is 0.715. The lowest BCUT2D eigenvalue weighted by atomic mass is 10.0. The zero-order valence-electron chi connectivity index (χ0n) is 17.3. The van der Waals surface area contributed by atoms with E-state index in [1.54, 1.807) is 31.1 Å². The van der Waals surface area contributed by atoms with Gasteiger partial charge < -0.3 is 19.9 Å². The molecule has 0 saturated carbocycles. The number of nitrogens with zero attached hydrogens (tertiary/aromatic N) is 4. The van der Waals surface area contributed by atoms with Crippen molar-refractivity contribution >= 4 is 22.6 Å². The van der Waals surface area contributed by atoms with Crippen LogP contribution in [0.25, 0.3) is 22.0 Å². The summed E-state index contributed by atoms with van der Waals surface area (Å²) in [7, 11) is 0. The van der Waals surface area contributed by atoms with E-state index >= 15 is 0 Å². The number of hydrogen-bond acceptors (Lipinski definition) is 5. The van der Waals surface area contributed by atoms with Crippen molar-refractivity contribution < 1.29 is 9.90 Å². The maximum atomic E-state index is 12.7. The molecule has 3 aromatic heterocycles. The molecule has 0 bridgehead atoms. The van der Waals surface area contributed by atoms with Gasteiger partial charge in [0, 0.05) is 60.9 Å². The largest absolute Gasteiger partial charge is 0.381 e. The number of H-pyrrole nitrogens is 1. The molecular formula is C22H27N5O2. The fourth-order valence-electron chi connectivity index (χ4n) is 4.09. The summed E-state index contributed by atoms with van der Waals surface area (Å²) in [4.78, 5) is 28.9. The monoisotopic (exact) mass is 393 g/mol. The molecule has 0 unspecified atom stereocenters. The number of rotatable bonds is 3. The minimum absolute atomic E-state index is 0.0366. The van der Waals surface area contributed by atoms with Gasteiger partial charge in [0.2, 0.25) is 0 Å². The van der Waals surface area contributed by atoms with Crippen molar-refractivity contribution in [3.05, 3.63) is 43.0 Å². The van der Waals surface area contributed by atoms with Crippen LogP contribution >= 0.6 is 0 Å². The molecule has 2 N–H and O–H groups in total. The molecule has 1 saturated heterocycles. The second-order valence-corrected chi connectivity index (χ2v) is 8.36. The Balaban J connectivity index is 1.73. The summed E-state index contributed by atoms with van der Waals surface area (Å²) >= 11 is 0. The number of anilines is 1. The van der Waals surface area contributed by atoms with Crippen LogP contribution in [0.2, 0.25) is 0 Å². The predicted molar refractivity (Wildman–Crippen MR) is 114 cm³/mol. The van der Waals surface area contributed by atoms with Gasteiger partial charge in [-0.25, -0.2) is 4.98 Å². The van der Waals surface area contributed by atoms with E-state index < -0.39 is 5.60 Å². The Bertz CT molecular complexity index is 1020. The van der Waals surface area contributed by atoms with Crippen LogP contribution in [0.4, 0.5) is 5.82 Å². The second-order valence-electron chi connectivity index (χ2n) is 8.36. The van der Waals surface area contributed by atoms with Gasteiger partial charge in [0.15, 0.2) is 0 Å². The molecular weight excluding hydrogens is 366 g/mol. The highest BCUT2D eigenvalue weighted by Crippen LogP contribution is 2.36. The molecule has 7 heteroatoms. The Morgan fingerprint density at radius 3 is 2.55 bits per heavy atom. The van der Waals surface area contributed by atoms with Crippen LogP contribution in [0.1, 0.15) is 27.7 Å². The Morgan fingerprint density at radius 2 is 1.86 bits per heavy atom. The van der Waals surface area contributed by atoms with E-state index in [4.69, 9.17) is 4.98 Å². The van der Waals surface area contributed by atoms with Gasteiger partial charge in [-0.05, 0) is 51.5 Å². The molecule has 0 spiro atoms. The van der Waals surface area contributed by atoms with Crippen LogP contribution in [-0.4, -0.2) is 61.6 Å². The van der Waals surface area contributed by atoms with Crippen LogP contribution < -0.4 is 4.90 Å². The number of hydrogen-bond donors (Lipinski definition) is 2. The summed E-state index contributed by atoms with van der Waals surface area (Å²) in [6.45, 7) is 8.39. The molecule has 4 rings (SSSR count). The van der Waals surface area contributed by atoms with Gasteiger partial charge in [0.1, 0.15) is 11.4 Å². The van der Waals surface area contributed by atoms with Crippen molar-refractivity contribution in [1.29, 1.82) is 0 Å². The average Bonchev–Trinajstić information content (AvgIpc) is 3.13. The maximum Gasteiger partial charge on any atom is 0.254 e. The first-order chi connectivity index (χ1) is 13.8. The molecule has 1 amide bonds. The van der Waals surface area contributed by atoms with Crippen molar-refractivity contribution in [2.24, 2.45) is 0 Å². The van der Waals surface area contributed by atoms with E-state index in [0.717, 1.165) is 27.8 Å². The van der Waals surface area contributed by atoms with Gasteiger partial charge in [0.05, 0.1) is 5.52 Å². The van der Waals surface area contributed by atoms with Gasteiger partial charge in [-0.3, -0.25) is 9.78 Å². The molecule has 0 radical (unpaired) electrons. The lowest BCUT2D eigenvalue weighted by Crippen LogP contribution is -2.61. The number of pyridine rings is 2. The minimum Gasteiger partial charge on any atom is -0.381 e. The Labute approximate surface area is 170 Å². The first-order valence-electron chi connectivity index (χ1n) is 9.94. The van der Waals surface area contributed by atoms with Crippen LogP contribution in [0.5, 0.6) is 0 Å². The summed E-state index contributed by atoms with van der Waals surface area (Å²) in [6.07, 6.45) is 7.40. The number of piperazine rings is 1. The van der Waals surface area contributed by atoms with Crippen molar-refractivity contribution in [2.45, 2.75) is 45.4 Å². The topological polar surface area (TPSA) is 85.4 Å². The summed E-state index contributed by atoms with van der Waals surface area (Å²) in [6, 6.07) is 5.99. The van der Waals surface area contributed by atoms with E-state index in [2.05, 4.69) is 21.8 Å². The fourth-order valence-corrected chi connectivity index (χ4v) is 4.09. The molecule has 1 aliphatic rings. The van der Waals surface area contributed by atoms with Gasteiger partial charge >= 0.3 is 0 Å². The normalized spacial score (nSPS) is 20.3. The predicted octanol–water partition coefficient (Wildman–Crippen LogP) is 2.82. The number of fused-ring (bicyclic) bond motifs is 1. The van der Waals surface area contributed by atoms with Crippen LogP contribution in [-0.2, 0) is 4.79 Å². The number of carbonyl (C=O) groups excluding carboxylic acids is 1. The van der Waals surface area contributed by atoms with Gasteiger partial charge in [-0.2, -0.15) is 0 Å². The Kier molecular flexibility index (Phi) is 4.78. The highest BCUT2D eigenvalue weighted by Gasteiger charge is 2.38. The number of carbonyl (C=O) groups is 1. The summed E-state index contributed by atoms with van der Waals surface area (Å²) in [5.41, 5.74) is 1.82. The smallest absolute Gasteiger partial charge is 0.254 e. The van der Waals surface area contributed by atoms with Crippen LogP contribution in [0.15, 0.2) is 43.0 Å². The minimum atomic E-state index is -1.37. The average molecular weight is 393 g/mol. The molecule has 0 aromatic carbocycles. The van der Waals surface area contributed by atoms with Gasteiger partial charge in [0.25, 0.3) is 5.91 Å². The SMILES string of the molecule is C[C@@H]1CN(c2nccc3[nH]cc(-c4ccncc4)c23)[C@@H](C)CN1C(=O)C(C)(C)O. The van der Waals surface area contributed by atoms with Gasteiger partial charge in [-0.1, -0.05) is 0 Å². The fraction of sp³-hybridized carbons (Fsp3) is 0.409. The number of amides is 1. The van der Waals surface area contributed by atoms with E-state index in [1.807, 2.05) is 37.5 Å². The van der Waals surface area contributed by atoms with Crippen molar-refractivity contribution in [3.8, 4) is 11.1 Å². The summed E-state index contributed by atoms with van der Waals surface area (Å²) in [5.74, 6) is 0.673. The number of aromatic nitrogens is 3. The molecule has 7 nitrogen and oxygen atoms in total. The third-order valence-corrected chi connectivity index (χ3v) is 5.61. The van der Waals surface area contributed by atoms with Crippen molar-refractivity contribution in [3.63, 3.8) is 0 Å². The molecule has 152 valence electrons. The molecule has 3 aromatic rings. The highest BCUT2D eigenvalue weighted by atomic mass is 16.3. The zero-order chi connectivity index (χ0) is 20.8. The Hall–Kier alpha value is -2.93. The number of aromatic amines is 1. The Morgan fingerprint density at radius 1 is 1.14 bits per heavy atom. The standard InChI is InChI=1S/C22H27N5O2/c1-14-13-27(21(28)22(3,4)29)15(2)12-26(14)20-19-17(16-5-8-23-9-6-16)11-25-18(19)7-10-24-20/h5-11,14-15,25,29H,12-13H2,1-4H3/t14-,15+/m0/s1. The van der Waals surface area contributed by atoms with E-state index in [-0.39, 0.29) is 18.0 Å².